The molecule has 0 radical (unpaired) electrons. The summed E-state index contributed by atoms with van der Waals surface area (Å²) in [4.78, 5) is 0. The van der Waals surface area contributed by atoms with Gasteiger partial charge in [-0.3, -0.25) is 0 Å². The first-order valence-corrected chi connectivity index (χ1v) is 5.85. The van der Waals surface area contributed by atoms with Gasteiger partial charge in [0.05, 0.1) is 22.3 Å². The van der Waals surface area contributed by atoms with E-state index in [1.807, 2.05) is 6.07 Å². The summed E-state index contributed by atoms with van der Waals surface area (Å²) in [6.45, 7) is 0.236. The van der Waals surface area contributed by atoms with Gasteiger partial charge >= 0.3 is 0 Å². The Morgan fingerprint density at radius 1 is 1.11 bits per heavy atom. The summed E-state index contributed by atoms with van der Waals surface area (Å²) in [5.41, 5.74) is 1.52. The van der Waals surface area contributed by atoms with E-state index in [0.29, 0.717) is 21.8 Å². The predicted molar refractivity (Wildman–Crippen MR) is 69.9 cm³/mol. The number of nitrogens with zero attached hydrogens (tertiary/aromatic N) is 1. The fraction of sp³-hybridized carbons (Fsp3) is 0.0714. The van der Waals surface area contributed by atoms with Gasteiger partial charge in [-0.05, 0) is 35.9 Å². The number of anilines is 1. The van der Waals surface area contributed by atoms with Crippen LogP contribution in [0.4, 0.5) is 14.5 Å². The van der Waals surface area contributed by atoms with Gasteiger partial charge in [-0.2, -0.15) is 5.26 Å². The highest BCUT2D eigenvalue weighted by atomic mass is 35.5. The Morgan fingerprint density at radius 2 is 1.79 bits per heavy atom. The van der Waals surface area contributed by atoms with Crippen LogP contribution in [0.3, 0.4) is 0 Å². The molecule has 2 aromatic carbocycles. The van der Waals surface area contributed by atoms with Crippen LogP contribution in [-0.4, -0.2) is 0 Å². The smallest absolute Gasteiger partial charge is 0.126 e. The lowest BCUT2D eigenvalue weighted by Crippen LogP contribution is -2.01. The highest BCUT2D eigenvalue weighted by Crippen LogP contribution is 2.23. The SMILES string of the molecule is N#Cc1ccc(NCc2cc(F)cc(F)c2)c(Cl)c1. The molecule has 0 fully saturated rings. The van der Waals surface area contributed by atoms with Gasteiger partial charge in [0.25, 0.3) is 0 Å². The van der Waals surface area contributed by atoms with Crippen molar-refractivity contribution >= 4 is 17.3 Å². The Kier molecular flexibility index (Phi) is 3.98. The standard InChI is InChI=1S/C14H9ClF2N2/c15-13-5-9(7-18)1-2-14(13)19-8-10-3-11(16)6-12(17)4-10/h1-6,19H,8H2. The fourth-order valence-electron chi connectivity index (χ4n) is 1.64. The number of benzene rings is 2. The first-order valence-electron chi connectivity index (χ1n) is 5.47. The van der Waals surface area contributed by atoms with E-state index in [1.54, 1.807) is 12.1 Å². The Labute approximate surface area is 114 Å². The normalized spacial score (nSPS) is 10.0. The second-order valence-electron chi connectivity index (χ2n) is 3.94. The van der Waals surface area contributed by atoms with Crippen molar-refractivity contribution < 1.29 is 8.78 Å². The molecule has 2 rings (SSSR count). The van der Waals surface area contributed by atoms with E-state index in [1.165, 1.54) is 18.2 Å². The van der Waals surface area contributed by atoms with Gasteiger partial charge in [-0.25, -0.2) is 8.78 Å². The molecule has 2 nitrogen and oxygen atoms in total. The lowest BCUT2D eigenvalue weighted by molar-refractivity contribution is 0.580. The molecule has 0 saturated carbocycles. The van der Waals surface area contributed by atoms with E-state index < -0.39 is 11.6 Å². The minimum Gasteiger partial charge on any atom is -0.380 e. The zero-order valence-electron chi connectivity index (χ0n) is 9.75. The van der Waals surface area contributed by atoms with Crippen molar-refractivity contribution in [1.82, 2.24) is 0 Å². The molecule has 0 bridgehead atoms. The van der Waals surface area contributed by atoms with Gasteiger partial charge in [-0.15, -0.1) is 0 Å². The summed E-state index contributed by atoms with van der Waals surface area (Å²) >= 11 is 5.98. The number of hydrogen-bond acceptors (Lipinski definition) is 2. The highest BCUT2D eigenvalue weighted by Gasteiger charge is 2.04. The zero-order chi connectivity index (χ0) is 13.8. The molecular formula is C14H9ClF2N2. The van der Waals surface area contributed by atoms with Crippen LogP contribution in [0.2, 0.25) is 5.02 Å². The third-order valence-corrected chi connectivity index (χ3v) is 2.82. The molecule has 0 aliphatic heterocycles. The van der Waals surface area contributed by atoms with Crippen molar-refractivity contribution in [2.75, 3.05) is 5.32 Å². The fourth-order valence-corrected chi connectivity index (χ4v) is 1.89. The number of nitriles is 1. The summed E-state index contributed by atoms with van der Waals surface area (Å²) in [6.07, 6.45) is 0. The van der Waals surface area contributed by atoms with E-state index in [0.717, 1.165) is 6.07 Å². The molecule has 19 heavy (non-hydrogen) atoms. The third kappa shape index (κ3) is 3.43. The zero-order valence-corrected chi connectivity index (χ0v) is 10.5. The van der Waals surface area contributed by atoms with Gasteiger partial charge in [0.1, 0.15) is 11.6 Å². The summed E-state index contributed by atoms with van der Waals surface area (Å²) in [6, 6.07) is 10.1. The molecule has 1 N–H and O–H groups in total. The maximum absolute atomic E-state index is 13.0. The van der Waals surface area contributed by atoms with E-state index >= 15 is 0 Å². The van der Waals surface area contributed by atoms with E-state index in [9.17, 15) is 8.78 Å². The molecular weight excluding hydrogens is 270 g/mol. The number of nitrogens with one attached hydrogen (secondary N) is 1. The maximum Gasteiger partial charge on any atom is 0.126 e. The van der Waals surface area contributed by atoms with Crippen LogP contribution in [0, 0.1) is 23.0 Å². The minimum absolute atomic E-state index is 0.236. The minimum atomic E-state index is -0.622. The molecule has 0 aromatic heterocycles. The van der Waals surface area contributed by atoms with Crippen LogP contribution in [0.25, 0.3) is 0 Å². The predicted octanol–water partition coefficient (Wildman–Crippen LogP) is 4.10. The average Bonchev–Trinajstić information content (AvgIpc) is 2.36. The van der Waals surface area contributed by atoms with Crippen LogP contribution in [0.15, 0.2) is 36.4 Å². The van der Waals surface area contributed by atoms with Crippen molar-refractivity contribution in [3.63, 3.8) is 0 Å². The van der Waals surface area contributed by atoms with E-state index in [4.69, 9.17) is 16.9 Å². The Bertz CT molecular complexity index is 630. The molecule has 96 valence electrons. The van der Waals surface area contributed by atoms with Crippen molar-refractivity contribution in [2.45, 2.75) is 6.54 Å². The Balaban J connectivity index is 2.12. The quantitative estimate of drug-likeness (QED) is 0.917. The summed E-state index contributed by atoms with van der Waals surface area (Å²) in [7, 11) is 0. The second-order valence-corrected chi connectivity index (χ2v) is 4.34. The van der Waals surface area contributed by atoms with Crippen molar-refractivity contribution in [2.24, 2.45) is 0 Å². The number of rotatable bonds is 3. The van der Waals surface area contributed by atoms with Gasteiger partial charge in [0.2, 0.25) is 0 Å². The van der Waals surface area contributed by atoms with Crippen molar-refractivity contribution in [3.8, 4) is 6.07 Å². The molecule has 0 saturated heterocycles. The molecule has 0 aliphatic rings. The maximum atomic E-state index is 13.0. The molecule has 5 heteroatoms. The Morgan fingerprint density at radius 3 is 2.37 bits per heavy atom. The topological polar surface area (TPSA) is 35.8 Å². The third-order valence-electron chi connectivity index (χ3n) is 2.50. The lowest BCUT2D eigenvalue weighted by Gasteiger charge is -2.09. The van der Waals surface area contributed by atoms with Crippen molar-refractivity contribution in [3.05, 3.63) is 64.2 Å². The number of hydrogen-bond donors (Lipinski definition) is 1. The summed E-state index contributed by atoms with van der Waals surface area (Å²) in [5, 5.41) is 12.1. The molecule has 0 atom stereocenters. The van der Waals surface area contributed by atoms with Crippen LogP contribution in [-0.2, 0) is 6.54 Å². The van der Waals surface area contributed by atoms with Crippen LogP contribution in [0.1, 0.15) is 11.1 Å². The molecule has 0 spiro atoms. The average molecular weight is 279 g/mol. The largest absolute Gasteiger partial charge is 0.380 e. The summed E-state index contributed by atoms with van der Waals surface area (Å²) < 4.78 is 26.0. The summed E-state index contributed by atoms with van der Waals surface area (Å²) in [5.74, 6) is -1.24. The van der Waals surface area contributed by atoms with Crippen LogP contribution in [0.5, 0.6) is 0 Å². The second kappa shape index (κ2) is 5.68. The molecule has 0 aliphatic carbocycles. The molecule has 0 unspecified atom stereocenters. The highest BCUT2D eigenvalue weighted by molar-refractivity contribution is 6.33. The first-order chi connectivity index (χ1) is 9.08. The monoisotopic (exact) mass is 278 g/mol. The van der Waals surface area contributed by atoms with Gasteiger partial charge in [0.15, 0.2) is 0 Å². The lowest BCUT2D eigenvalue weighted by atomic mass is 10.2. The van der Waals surface area contributed by atoms with Crippen LogP contribution < -0.4 is 5.32 Å². The molecule has 2 aromatic rings. The van der Waals surface area contributed by atoms with Gasteiger partial charge in [-0.1, -0.05) is 11.6 Å². The first kappa shape index (κ1) is 13.3. The van der Waals surface area contributed by atoms with E-state index in [-0.39, 0.29) is 6.54 Å². The van der Waals surface area contributed by atoms with Gasteiger partial charge in [0, 0.05) is 12.6 Å². The van der Waals surface area contributed by atoms with Crippen molar-refractivity contribution in [1.29, 1.82) is 5.26 Å². The number of halogens is 3. The van der Waals surface area contributed by atoms with E-state index in [2.05, 4.69) is 5.32 Å². The molecule has 0 amide bonds. The molecule has 0 heterocycles. The van der Waals surface area contributed by atoms with Crippen LogP contribution >= 0.6 is 11.6 Å². The van der Waals surface area contributed by atoms with Gasteiger partial charge < -0.3 is 5.32 Å². The Hall–Kier alpha value is -2.12.